The Morgan fingerprint density at radius 1 is 1.29 bits per heavy atom. The second-order valence-electron chi connectivity index (χ2n) is 6.12. The van der Waals surface area contributed by atoms with Crippen molar-refractivity contribution in [3.63, 3.8) is 0 Å². The minimum atomic E-state index is -0.358. The highest BCUT2D eigenvalue weighted by Gasteiger charge is 2.15. The van der Waals surface area contributed by atoms with Crippen molar-refractivity contribution in [3.8, 4) is 5.75 Å². The molecule has 128 valence electrons. The van der Waals surface area contributed by atoms with Gasteiger partial charge in [-0.05, 0) is 67.1 Å². The van der Waals surface area contributed by atoms with Gasteiger partial charge >= 0.3 is 0 Å². The van der Waals surface area contributed by atoms with Crippen LogP contribution in [0, 0.1) is 0 Å². The summed E-state index contributed by atoms with van der Waals surface area (Å²) >= 11 is 6.66. The SMILES string of the molecule is CC(C)(C)c1ccc(OCC(=O)N/N=C/c2ccc(Br)o2)c(Br)c1. The first-order valence-electron chi connectivity index (χ1n) is 7.26. The lowest BCUT2D eigenvalue weighted by Gasteiger charge is -2.20. The van der Waals surface area contributed by atoms with Gasteiger partial charge in [0.2, 0.25) is 0 Å². The second-order valence-corrected chi connectivity index (χ2v) is 7.75. The van der Waals surface area contributed by atoms with E-state index in [1.165, 1.54) is 11.8 Å². The van der Waals surface area contributed by atoms with E-state index in [0.717, 1.165) is 4.47 Å². The van der Waals surface area contributed by atoms with Gasteiger partial charge in [0.25, 0.3) is 5.91 Å². The average Bonchev–Trinajstić information content (AvgIpc) is 2.90. The van der Waals surface area contributed by atoms with Crippen LogP contribution in [0.25, 0.3) is 0 Å². The summed E-state index contributed by atoms with van der Waals surface area (Å²) in [5.41, 5.74) is 3.61. The van der Waals surface area contributed by atoms with E-state index < -0.39 is 0 Å². The molecule has 0 aliphatic carbocycles. The number of hydrazone groups is 1. The van der Waals surface area contributed by atoms with E-state index in [0.29, 0.717) is 16.2 Å². The van der Waals surface area contributed by atoms with Crippen LogP contribution in [-0.2, 0) is 10.2 Å². The van der Waals surface area contributed by atoms with Gasteiger partial charge in [0.15, 0.2) is 11.3 Å². The minimum absolute atomic E-state index is 0.0496. The Bertz CT molecular complexity index is 749. The fraction of sp³-hybridized carbons (Fsp3) is 0.294. The summed E-state index contributed by atoms with van der Waals surface area (Å²) in [6.07, 6.45) is 1.41. The van der Waals surface area contributed by atoms with Gasteiger partial charge in [-0.15, -0.1) is 0 Å². The van der Waals surface area contributed by atoms with E-state index in [1.807, 2.05) is 18.2 Å². The largest absolute Gasteiger partial charge is 0.483 e. The molecule has 1 N–H and O–H groups in total. The molecule has 24 heavy (non-hydrogen) atoms. The number of hydrogen-bond acceptors (Lipinski definition) is 4. The molecule has 2 rings (SSSR count). The summed E-state index contributed by atoms with van der Waals surface area (Å²) in [4.78, 5) is 11.7. The van der Waals surface area contributed by atoms with Gasteiger partial charge < -0.3 is 9.15 Å². The molecule has 1 aromatic carbocycles. The molecular weight excluding hydrogens is 440 g/mol. The summed E-state index contributed by atoms with van der Waals surface area (Å²) in [5.74, 6) is 0.782. The molecule has 1 amide bonds. The zero-order chi connectivity index (χ0) is 17.7. The van der Waals surface area contributed by atoms with Crippen molar-refractivity contribution in [2.24, 2.45) is 5.10 Å². The Kier molecular flexibility index (Phi) is 6.23. The lowest BCUT2D eigenvalue weighted by Crippen LogP contribution is -2.24. The Morgan fingerprint density at radius 3 is 2.62 bits per heavy atom. The molecule has 0 saturated heterocycles. The van der Waals surface area contributed by atoms with Gasteiger partial charge in [0.1, 0.15) is 11.5 Å². The monoisotopic (exact) mass is 456 g/mol. The average molecular weight is 458 g/mol. The van der Waals surface area contributed by atoms with Crippen LogP contribution in [0.15, 0.2) is 49.0 Å². The smallest absolute Gasteiger partial charge is 0.277 e. The van der Waals surface area contributed by atoms with Gasteiger partial charge in [-0.25, -0.2) is 5.43 Å². The molecule has 0 radical (unpaired) electrons. The second kappa shape index (κ2) is 7.98. The van der Waals surface area contributed by atoms with Gasteiger partial charge in [0, 0.05) is 0 Å². The normalized spacial score (nSPS) is 11.7. The van der Waals surface area contributed by atoms with E-state index in [4.69, 9.17) is 9.15 Å². The molecular formula is C17H18Br2N2O3. The third-order valence-electron chi connectivity index (χ3n) is 3.13. The van der Waals surface area contributed by atoms with Crippen LogP contribution in [0.2, 0.25) is 0 Å². The van der Waals surface area contributed by atoms with Gasteiger partial charge in [0.05, 0.1) is 10.7 Å². The van der Waals surface area contributed by atoms with Crippen LogP contribution in [-0.4, -0.2) is 18.7 Å². The molecule has 1 heterocycles. The van der Waals surface area contributed by atoms with Crippen LogP contribution in [0.5, 0.6) is 5.75 Å². The molecule has 0 bridgehead atoms. The number of nitrogens with one attached hydrogen (secondary N) is 1. The molecule has 5 nitrogen and oxygen atoms in total. The molecule has 0 atom stereocenters. The van der Waals surface area contributed by atoms with E-state index in [9.17, 15) is 4.79 Å². The Labute approximate surface area is 157 Å². The van der Waals surface area contributed by atoms with Crippen molar-refractivity contribution >= 4 is 44.0 Å². The van der Waals surface area contributed by atoms with Crippen LogP contribution in [0.3, 0.4) is 0 Å². The number of carbonyl (C=O) groups excluding carboxylic acids is 1. The third-order valence-corrected chi connectivity index (χ3v) is 4.18. The van der Waals surface area contributed by atoms with E-state index >= 15 is 0 Å². The van der Waals surface area contributed by atoms with Gasteiger partial charge in [-0.3, -0.25) is 4.79 Å². The van der Waals surface area contributed by atoms with E-state index in [-0.39, 0.29) is 17.9 Å². The van der Waals surface area contributed by atoms with Crippen molar-refractivity contribution in [1.29, 1.82) is 0 Å². The summed E-state index contributed by atoms with van der Waals surface area (Å²) < 4.78 is 12.1. The van der Waals surface area contributed by atoms with Crippen molar-refractivity contribution in [1.82, 2.24) is 5.43 Å². The van der Waals surface area contributed by atoms with Crippen molar-refractivity contribution in [3.05, 3.63) is 50.8 Å². The maximum absolute atomic E-state index is 11.7. The van der Waals surface area contributed by atoms with Crippen molar-refractivity contribution in [2.75, 3.05) is 6.61 Å². The van der Waals surface area contributed by atoms with Gasteiger partial charge in [-0.1, -0.05) is 26.8 Å². The quantitative estimate of drug-likeness (QED) is 0.525. The maximum Gasteiger partial charge on any atom is 0.277 e. The highest BCUT2D eigenvalue weighted by atomic mass is 79.9. The first-order chi connectivity index (χ1) is 11.3. The maximum atomic E-state index is 11.7. The lowest BCUT2D eigenvalue weighted by molar-refractivity contribution is -0.123. The Morgan fingerprint density at radius 2 is 2.04 bits per heavy atom. The predicted octanol–water partition coefficient (Wildman–Crippen LogP) is 4.63. The van der Waals surface area contributed by atoms with Crippen molar-refractivity contribution in [2.45, 2.75) is 26.2 Å². The third kappa shape index (κ3) is 5.49. The minimum Gasteiger partial charge on any atom is -0.483 e. The van der Waals surface area contributed by atoms with Crippen LogP contribution in [0.1, 0.15) is 32.1 Å². The summed E-state index contributed by atoms with van der Waals surface area (Å²) in [6.45, 7) is 6.28. The molecule has 0 aliphatic rings. The van der Waals surface area contributed by atoms with E-state index in [1.54, 1.807) is 12.1 Å². The standard InChI is InChI=1S/C17H18Br2N2O3/c1-17(2,3)11-4-6-14(13(18)8-11)23-10-16(22)21-20-9-12-5-7-15(19)24-12/h4-9H,10H2,1-3H3,(H,21,22)/b20-9+. The predicted molar refractivity (Wildman–Crippen MR) is 100 cm³/mol. The van der Waals surface area contributed by atoms with Crippen molar-refractivity contribution < 1.29 is 13.9 Å². The number of rotatable bonds is 5. The fourth-order valence-corrected chi connectivity index (χ4v) is 2.64. The number of furan rings is 1. The number of carbonyl (C=O) groups is 1. The Hall–Kier alpha value is -1.60. The number of amides is 1. The number of halogens is 2. The molecule has 0 aliphatic heterocycles. The number of nitrogens with zero attached hydrogens (tertiary/aromatic N) is 1. The van der Waals surface area contributed by atoms with Crippen LogP contribution >= 0.6 is 31.9 Å². The Balaban J connectivity index is 1.86. The van der Waals surface area contributed by atoms with Gasteiger partial charge in [-0.2, -0.15) is 5.10 Å². The zero-order valence-electron chi connectivity index (χ0n) is 13.6. The molecule has 0 spiro atoms. The first kappa shape index (κ1) is 18.7. The van der Waals surface area contributed by atoms with E-state index in [2.05, 4.69) is 63.2 Å². The summed E-state index contributed by atoms with van der Waals surface area (Å²) in [6, 6.07) is 9.31. The fourth-order valence-electron chi connectivity index (χ4n) is 1.83. The van der Waals surface area contributed by atoms with Crippen LogP contribution < -0.4 is 10.2 Å². The highest BCUT2D eigenvalue weighted by molar-refractivity contribution is 9.10. The number of benzene rings is 1. The molecule has 7 heteroatoms. The van der Waals surface area contributed by atoms with Crippen LogP contribution in [0.4, 0.5) is 0 Å². The topological polar surface area (TPSA) is 63.8 Å². The molecule has 1 aromatic heterocycles. The first-order valence-corrected chi connectivity index (χ1v) is 8.84. The molecule has 0 fully saturated rings. The summed E-state index contributed by atoms with van der Waals surface area (Å²) in [5, 5.41) is 3.81. The summed E-state index contributed by atoms with van der Waals surface area (Å²) in [7, 11) is 0. The lowest BCUT2D eigenvalue weighted by atomic mass is 9.87. The number of ether oxygens (including phenoxy) is 1. The molecule has 0 unspecified atom stereocenters. The molecule has 0 saturated carbocycles. The molecule has 2 aromatic rings. The highest BCUT2D eigenvalue weighted by Crippen LogP contribution is 2.31. The zero-order valence-corrected chi connectivity index (χ0v) is 16.8. The number of hydrogen-bond donors (Lipinski definition) is 1.